The lowest BCUT2D eigenvalue weighted by Crippen LogP contribution is -2.71. The predicted molar refractivity (Wildman–Crippen MR) is 106 cm³/mol. The van der Waals surface area contributed by atoms with Crippen molar-refractivity contribution < 1.29 is 34.7 Å². The fourth-order valence-electron chi connectivity index (χ4n) is 3.14. The summed E-state index contributed by atoms with van der Waals surface area (Å²) < 4.78 is 60.9. The van der Waals surface area contributed by atoms with E-state index in [2.05, 4.69) is 6.58 Å². The van der Waals surface area contributed by atoms with Crippen LogP contribution >= 0.6 is 0 Å². The summed E-state index contributed by atoms with van der Waals surface area (Å²) in [4.78, 5) is 14.0. The van der Waals surface area contributed by atoms with E-state index in [0.29, 0.717) is 0 Å². The Balaban J connectivity index is 2.21. The summed E-state index contributed by atoms with van der Waals surface area (Å²) in [6.07, 6.45) is 1.08. The van der Waals surface area contributed by atoms with Crippen LogP contribution in [0.15, 0.2) is 42.5 Å². The Labute approximate surface area is 171 Å². The van der Waals surface area contributed by atoms with Gasteiger partial charge in [-0.05, 0) is 11.1 Å². The Kier molecular flexibility index (Phi) is 7.10. The number of carbonyl (C=O) groups excluding carboxylic acids is 1. The minimum Gasteiger partial charge on any atom is -0.445 e. The topological polar surface area (TPSA) is 116 Å². The fourth-order valence-corrected chi connectivity index (χ4v) is 3.89. The molecule has 29 heavy (non-hydrogen) atoms. The largest absolute Gasteiger partial charge is 0.445 e. The van der Waals surface area contributed by atoms with Gasteiger partial charge in [-0.1, -0.05) is 43.8 Å². The van der Waals surface area contributed by atoms with Crippen molar-refractivity contribution in [1.82, 2.24) is 4.90 Å². The molecule has 162 valence electrons. The third-order valence-electron chi connectivity index (χ3n) is 4.73. The molecule has 1 aromatic carbocycles. The number of rotatable bonds is 9. The molecule has 1 aliphatic rings. The molecule has 0 unspecified atom stereocenters. The second-order valence-corrected chi connectivity index (χ2v) is 10.3. The molecule has 0 spiro atoms. The number of hydrogen-bond donors (Lipinski definition) is 0. The van der Waals surface area contributed by atoms with Crippen LogP contribution in [0.2, 0.25) is 0 Å². The van der Waals surface area contributed by atoms with Crippen LogP contribution in [0.4, 0.5) is 4.79 Å². The van der Waals surface area contributed by atoms with Crippen LogP contribution in [-0.4, -0.2) is 65.6 Å². The number of hydrogen-bond acceptors (Lipinski definition) is 8. The molecule has 0 N–H and O–H groups in total. The lowest BCUT2D eigenvalue weighted by molar-refractivity contribution is -0.0655. The van der Waals surface area contributed by atoms with Crippen LogP contribution in [0.5, 0.6) is 0 Å². The number of likely N-dealkylation sites (tertiary alicyclic amines) is 1. The zero-order valence-electron chi connectivity index (χ0n) is 16.5. The van der Waals surface area contributed by atoms with Gasteiger partial charge in [0.15, 0.2) is 0 Å². The smallest absolute Gasteiger partial charge is 0.410 e. The first kappa shape index (κ1) is 23.3. The van der Waals surface area contributed by atoms with E-state index in [9.17, 15) is 21.6 Å². The SMILES string of the molecule is C=C(COS(C)(=O)=O)[C@]1(COS(C)(=O)=O)[C@@H](C)CN1C(=O)OCc1ccccc1. The molecule has 2 atom stereocenters. The van der Waals surface area contributed by atoms with Gasteiger partial charge in [-0.15, -0.1) is 0 Å². The van der Waals surface area contributed by atoms with Crippen LogP contribution in [0.25, 0.3) is 0 Å². The Bertz CT molecular complexity index is 959. The average Bonchev–Trinajstić information content (AvgIpc) is 2.62. The summed E-state index contributed by atoms with van der Waals surface area (Å²) in [5.41, 5.74) is -0.296. The van der Waals surface area contributed by atoms with Crippen LogP contribution in [0, 0.1) is 5.92 Å². The minimum atomic E-state index is -3.82. The van der Waals surface area contributed by atoms with Gasteiger partial charge >= 0.3 is 6.09 Å². The van der Waals surface area contributed by atoms with E-state index < -0.39 is 45.1 Å². The van der Waals surface area contributed by atoms with Crippen LogP contribution in [0.3, 0.4) is 0 Å². The Morgan fingerprint density at radius 1 is 1.14 bits per heavy atom. The maximum absolute atomic E-state index is 12.7. The normalized spacial score (nSPS) is 22.0. The highest BCUT2D eigenvalue weighted by atomic mass is 32.2. The summed E-state index contributed by atoms with van der Waals surface area (Å²) in [6, 6.07) is 9.05. The average molecular weight is 448 g/mol. The van der Waals surface area contributed by atoms with Crippen LogP contribution < -0.4 is 0 Å². The standard InChI is InChI=1S/C18H25NO8S2/c1-14-10-19(17(20)25-12-16-8-6-5-7-9-16)18(14,13-27-29(4,23)24)15(2)11-26-28(3,21)22/h5-9,14H,2,10-13H2,1,3-4H3/t14-,18-/m0/s1. The van der Waals surface area contributed by atoms with E-state index in [0.717, 1.165) is 18.1 Å². The molecule has 2 rings (SSSR count). The molecule has 0 aromatic heterocycles. The Morgan fingerprint density at radius 3 is 2.24 bits per heavy atom. The first-order chi connectivity index (χ1) is 13.3. The predicted octanol–water partition coefficient (Wildman–Crippen LogP) is 1.52. The van der Waals surface area contributed by atoms with E-state index in [4.69, 9.17) is 13.1 Å². The highest BCUT2D eigenvalue weighted by Crippen LogP contribution is 2.43. The lowest BCUT2D eigenvalue weighted by atomic mass is 9.71. The number of benzene rings is 1. The van der Waals surface area contributed by atoms with Crippen LogP contribution in [0.1, 0.15) is 12.5 Å². The van der Waals surface area contributed by atoms with Crippen molar-refractivity contribution >= 4 is 26.3 Å². The number of nitrogens with zero attached hydrogens (tertiary/aromatic N) is 1. The number of ether oxygens (including phenoxy) is 1. The van der Waals surface area contributed by atoms with E-state index in [1.807, 2.05) is 18.2 Å². The molecule has 1 heterocycles. The lowest BCUT2D eigenvalue weighted by Gasteiger charge is -2.57. The van der Waals surface area contributed by atoms with Crippen molar-refractivity contribution in [2.24, 2.45) is 5.92 Å². The van der Waals surface area contributed by atoms with Crippen molar-refractivity contribution in [3.05, 3.63) is 48.0 Å². The van der Waals surface area contributed by atoms with E-state index >= 15 is 0 Å². The zero-order chi connectivity index (χ0) is 21.9. The van der Waals surface area contributed by atoms with Gasteiger partial charge in [-0.25, -0.2) is 4.79 Å². The van der Waals surface area contributed by atoms with Gasteiger partial charge in [0.1, 0.15) is 6.61 Å². The molecule has 11 heteroatoms. The summed E-state index contributed by atoms with van der Waals surface area (Å²) in [5, 5.41) is 0. The molecular weight excluding hydrogens is 422 g/mol. The molecule has 0 aliphatic carbocycles. The fraction of sp³-hybridized carbons (Fsp3) is 0.500. The Hall–Kier alpha value is -1.95. The molecule has 0 radical (unpaired) electrons. The van der Waals surface area contributed by atoms with Gasteiger partial charge in [-0.2, -0.15) is 16.8 Å². The second kappa shape index (κ2) is 8.82. The molecule has 9 nitrogen and oxygen atoms in total. The van der Waals surface area contributed by atoms with Gasteiger partial charge in [0.05, 0.1) is 31.3 Å². The van der Waals surface area contributed by atoms with Crippen molar-refractivity contribution in [3.8, 4) is 0 Å². The molecule has 0 bridgehead atoms. The molecule has 1 aliphatic heterocycles. The summed E-state index contributed by atoms with van der Waals surface area (Å²) in [7, 11) is -7.58. The van der Waals surface area contributed by atoms with Crippen molar-refractivity contribution in [2.45, 2.75) is 19.1 Å². The van der Waals surface area contributed by atoms with Crippen molar-refractivity contribution in [1.29, 1.82) is 0 Å². The molecule has 1 amide bonds. The van der Waals surface area contributed by atoms with Crippen molar-refractivity contribution in [3.63, 3.8) is 0 Å². The van der Waals surface area contributed by atoms with Gasteiger partial charge in [-0.3, -0.25) is 13.3 Å². The highest BCUT2D eigenvalue weighted by molar-refractivity contribution is 7.86. The third kappa shape index (κ3) is 6.01. The minimum absolute atomic E-state index is 0.0277. The van der Waals surface area contributed by atoms with Gasteiger partial charge < -0.3 is 4.74 Å². The molecule has 1 fully saturated rings. The van der Waals surface area contributed by atoms with Crippen molar-refractivity contribution in [2.75, 3.05) is 32.3 Å². The second-order valence-electron chi connectivity index (χ2n) is 7.01. The van der Waals surface area contributed by atoms with Gasteiger partial charge in [0.2, 0.25) is 0 Å². The first-order valence-corrected chi connectivity index (χ1v) is 12.3. The van der Waals surface area contributed by atoms with E-state index in [-0.39, 0.29) is 24.6 Å². The quantitative estimate of drug-likeness (QED) is 0.413. The zero-order valence-corrected chi connectivity index (χ0v) is 18.2. The monoisotopic (exact) mass is 447 g/mol. The summed E-state index contributed by atoms with van der Waals surface area (Å²) >= 11 is 0. The van der Waals surface area contributed by atoms with E-state index in [1.165, 1.54) is 4.90 Å². The third-order valence-corrected chi connectivity index (χ3v) is 5.82. The van der Waals surface area contributed by atoms with Crippen LogP contribution in [-0.2, 0) is 39.9 Å². The highest BCUT2D eigenvalue weighted by Gasteiger charge is 2.57. The number of carbonyl (C=O) groups is 1. The number of amides is 1. The Morgan fingerprint density at radius 2 is 1.72 bits per heavy atom. The summed E-state index contributed by atoms with van der Waals surface area (Å²) in [6.45, 7) is 5.07. The summed E-state index contributed by atoms with van der Waals surface area (Å²) in [5.74, 6) is -0.260. The maximum atomic E-state index is 12.7. The first-order valence-electron chi connectivity index (χ1n) is 8.70. The molecule has 0 saturated carbocycles. The molecule has 1 aromatic rings. The maximum Gasteiger partial charge on any atom is 0.410 e. The van der Waals surface area contributed by atoms with E-state index in [1.54, 1.807) is 19.1 Å². The van der Waals surface area contributed by atoms with Gasteiger partial charge in [0, 0.05) is 12.5 Å². The molecule has 1 saturated heterocycles. The molecular formula is C18H25NO8S2. The van der Waals surface area contributed by atoms with Gasteiger partial charge in [0.25, 0.3) is 20.2 Å².